The van der Waals surface area contributed by atoms with Crippen LogP contribution in [0.1, 0.15) is 76.1 Å². The molecule has 1 fully saturated rings. The van der Waals surface area contributed by atoms with E-state index in [9.17, 15) is 0 Å². The Hall–Kier alpha value is -2.62. The van der Waals surface area contributed by atoms with Gasteiger partial charge in [0.25, 0.3) is 0 Å². The minimum Gasteiger partial charge on any atom is -0.382 e. The summed E-state index contributed by atoms with van der Waals surface area (Å²) < 4.78 is 2.14. The molecule has 1 aromatic carbocycles. The average molecular weight is 389 g/mol. The quantitative estimate of drug-likeness (QED) is 0.450. The molecule has 1 aliphatic carbocycles. The molecule has 4 nitrogen and oxygen atoms in total. The zero-order valence-corrected chi connectivity index (χ0v) is 17.7. The Morgan fingerprint density at radius 2 is 2.00 bits per heavy atom. The van der Waals surface area contributed by atoms with Crippen LogP contribution in [0.25, 0.3) is 22.3 Å². The molecule has 1 unspecified atom stereocenters. The number of rotatable bonds is 8. The first-order chi connectivity index (χ1) is 14.1. The van der Waals surface area contributed by atoms with Crippen molar-refractivity contribution in [3.8, 4) is 11.3 Å². The number of aromatic nitrogens is 3. The normalized spacial score (nSPS) is 15.4. The summed E-state index contributed by atoms with van der Waals surface area (Å²) in [6, 6.07) is 8.65. The Bertz CT molecular complexity index is 996. The third-order valence-corrected chi connectivity index (χ3v) is 6.45. The number of unbranched alkanes of at least 4 members (excludes halogenated alkanes) is 2. The van der Waals surface area contributed by atoms with Crippen LogP contribution in [0.5, 0.6) is 0 Å². The maximum absolute atomic E-state index is 6.26. The first-order valence-electron chi connectivity index (χ1n) is 11.0. The van der Waals surface area contributed by atoms with E-state index in [1.807, 2.05) is 6.20 Å². The maximum atomic E-state index is 6.26. The molecule has 29 heavy (non-hydrogen) atoms. The Morgan fingerprint density at radius 1 is 1.24 bits per heavy atom. The zero-order chi connectivity index (χ0) is 20.4. The second kappa shape index (κ2) is 8.40. The molecular weight excluding hydrogens is 356 g/mol. The number of nitrogens with two attached hydrogens (primary N) is 1. The molecule has 4 heteroatoms. The third-order valence-electron chi connectivity index (χ3n) is 6.45. The van der Waals surface area contributed by atoms with E-state index in [0.29, 0.717) is 17.7 Å². The number of fused-ring (bicyclic) bond motifs is 1. The van der Waals surface area contributed by atoms with Crippen LogP contribution in [0.3, 0.4) is 0 Å². The van der Waals surface area contributed by atoms with Gasteiger partial charge in [0, 0.05) is 23.9 Å². The van der Waals surface area contributed by atoms with Crippen molar-refractivity contribution in [2.45, 2.75) is 64.7 Å². The zero-order valence-electron chi connectivity index (χ0n) is 17.7. The number of hydrogen-bond acceptors (Lipinski definition) is 3. The van der Waals surface area contributed by atoms with Gasteiger partial charge in [-0.05, 0) is 36.3 Å². The fourth-order valence-corrected chi connectivity index (χ4v) is 4.24. The number of nitrogen functional groups attached to an aromatic ring is 1. The van der Waals surface area contributed by atoms with Gasteiger partial charge in [0.15, 0.2) is 0 Å². The van der Waals surface area contributed by atoms with Gasteiger partial charge in [-0.1, -0.05) is 70.4 Å². The van der Waals surface area contributed by atoms with Crippen LogP contribution in [0, 0.1) is 5.92 Å². The largest absolute Gasteiger partial charge is 0.382 e. The monoisotopic (exact) mass is 388 g/mol. The van der Waals surface area contributed by atoms with Gasteiger partial charge in [0.2, 0.25) is 0 Å². The summed E-state index contributed by atoms with van der Waals surface area (Å²) in [6.45, 7) is 8.90. The van der Waals surface area contributed by atoms with Crippen molar-refractivity contribution in [3.05, 3.63) is 54.6 Å². The summed E-state index contributed by atoms with van der Waals surface area (Å²) in [7, 11) is 0. The fraction of sp³-hybridized carbons (Fsp3) is 0.440. The lowest BCUT2D eigenvalue weighted by Gasteiger charge is -2.23. The molecule has 0 saturated heterocycles. The summed E-state index contributed by atoms with van der Waals surface area (Å²) in [5, 5.41) is 0. The summed E-state index contributed by atoms with van der Waals surface area (Å²) in [5.74, 6) is 2.69. The highest BCUT2D eigenvalue weighted by Crippen LogP contribution is 2.39. The molecule has 1 aliphatic rings. The maximum Gasteiger partial charge on any atom is 0.150 e. The highest BCUT2D eigenvalue weighted by Gasteiger charge is 2.26. The first-order valence-corrected chi connectivity index (χ1v) is 11.0. The van der Waals surface area contributed by atoms with E-state index in [0.717, 1.165) is 22.6 Å². The van der Waals surface area contributed by atoms with Crippen molar-refractivity contribution < 1.29 is 0 Å². The minimum atomic E-state index is 0.505. The Labute approximate surface area is 173 Å². The number of nitrogens with zero attached hydrogens (tertiary/aromatic N) is 3. The standard InChI is InChI=1S/C25H32N4/c1-4-5-6-8-17(2)18(3)19-11-13-20(14-12-19)22-23-24(26)27-15-16-29(23)25(28-22)21-9-7-10-21/h11-17,21H,3-10H2,1-2H3,(H2,26,27). The van der Waals surface area contributed by atoms with Crippen molar-refractivity contribution in [2.75, 3.05) is 5.73 Å². The number of benzene rings is 1. The molecule has 152 valence electrons. The molecule has 1 atom stereocenters. The predicted molar refractivity (Wildman–Crippen MR) is 122 cm³/mol. The lowest BCUT2D eigenvalue weighted by Crippen LogP contribution is -2.12. The highest BCUT2D eigenvalue weighted by atomic mass is 15.1. The highest BCUT2D eigenvalue weighted by molar-refractivity contribution is 5.86. The minimum absolute atomic E-state index is 0.505. The van der Waals surface area contributed by atoms with E-state index in [-0.39, 0.29) is 0 Å². The topological polar surface area (TPSA) is 56.2 Å². The second-order valence-electron chi connectivity index (χ2n) is 8.48. The lowest BCUT2D eigenvalue weighted by molar-refractivity contribution is 0.400. The van der Waals surface area contributed by atoms with Crippen LogP contribution in [-0.4, -0.2) is 14.4 Å². The summed E-state index contributed by atoms with van der Waals surface area (Å²) in [5.41, 5.74) is 11.6. The molecule has 2 N–H and O–H groups in total. The molecule has 3 aromatic rings. The van der Waals surface area contributed by atoms with E-state index < -0.39 is 0 Å². The fourth-order valence-electron chi connectivity index (χ4n) is 4.24. The van der Waals surface area contributed by atoms with Crippen LogP contribution in [0.2, 0.25) is 0 Å². The molecular formula is C25H32N4. The van der Waals surface area contributed by atoms with Crippen molar-refractivity contribution in [1.82, 2.24) is 14.4 Å². The van der Waals surface area contributed by atoms with Crippen LogP contribution < -0.4 is 5.73 Å². The molecule has 0 aliphatic heterocycles. The van der Waals surface area contributed by atoms with Crippen LogP contribution in [-0.2, 0) is 0 Å². The second-order valence-corrected chi connectivity index (χ2v) is 8.48. The molecule has 0 spiro atoms. The number of imidazole rings is 1. The van der Waals surface area contributed by atoms with Crippen molar-refractivity contribution >= 4 is 16.9 Å². The first kappa shape index (κ1) is 19.7. The van der Waals surface area contributed by atoms with Crippen LogP contribution in [0.4, 0.5) is 5.82 Å². The van der Waals surface area contributed by atoms with Crippen molar-refractivity contribution in [1.29, 1.82) is 0 Å². The van der Waals surface area contributed by atoms with Gasteiger partial charge in [0.05, 0.1) is 0 Å². The third kappa shape index (κ3) is 3.81. The van der Waals surface area contributed by atoms with Gasteiger partial charge < -0.3 is 5.73 Å². The van der Waals surface area contributed by atoms with E-state index in [1.54, 1.807) is 6.20 Å². The van der Waals surface area contributed by atoms with Gasteiger partial charge >= 0.3 is 0 Å². The number of hydrogen-bond donors (Lipinski definition) is 1. The van der Waals surface area contributed by atoms with Gasteiger partial charge in [0.1, 0.15) is 22.9 Å². The molecule has 2 aromatic heterocycles. The number of allylic oxidation sites excluding steroid dienone is 1. The molecule has 2 heterocycles. The molecule has 0 amide bonds. The van der Waals surface area contributed by atoms with Gasteiger partial charge in [-0.15, -0.1) is 0 Å². The molecule has 4 rings (SSSR count). The van der Waals surface area contributed by atoms with E-state index >= 15 is 0 Å². The SMILES string of the molecule is C=C(c1ccc(-c2nc(C3CCC3)n3ccnc(N)c23)cc1)C(C)CCCCC. The van der Waals surface area contributed by atoms with Gasteiger partial charge in [-0.3, -0.25) is 4.40 Å². The molecule has 1 saturated carbocycles. The Balaban J connectivity index is 1.62. The average Bonchev–Trinajstić information content (AvgIpc) is 3.07. The number of anilines is 1. The lowest BCUT2D eigenvalue weighted by atomic mass is 9.85. The van der Waals surface area contributed by atoms with Crippen LogP contribution >= 0.6 is 0 Å². The smallest absolute Gasteiger partial charge is 0.150 e. The molecule has 0 bridgehead atoms. The molecule has 0 radical (unpaired) electrons. The van der Waals surface area contributed by atoms with Gasteiger partial charge in [-0.25, -0.2) is 9.97 Å². The van der Waals surface area contributed by atoms with Crippen molar-refractivity contribution in [2.24, 2.45) is 5.92 Å². The Morgan fingerprint density at radius 3 is 2.66 bits per heavy atom. The summed E-state index contributed by atoms with van der Waals surface area (Å²) in [6.07, 6.45) is 12.5. The Kier molecular flexibility index (Phi) is 5.70. The summed E-state index contributed by atoms with van der Waals surface area (Å²) in [4.78, 5) is 9.34. The van der Waals surface area contributed by atoms with Crippen LogP contribution in [0.15, 0.2) is 43.2 Å². The van der Waals surface area contributed by atoms with Crippen molar-refractivity contribution in [3.63, 3.8) is 0 Å². The summed E-state index contributed by atoms with van der Waals surface area (Å²) >= 11 is 0. The van der Waals surface area contributed by atoms with E-state index in [2.05, 4.69) is 54.1 Å². The van der Waals surface area contributed by atoms with Gasteiger partial charge in [-0.2, -0.15) is 0 Å². The predicted octanol–water partition coefficient (Wildman–Crippen LogP) is 6.48. The van der Waals surface area contributed by atoms with E-state index in [1.165, 1.54) is 56.1 Å². The van der Waals surface area contributed by atoms with E-state index in [4.69, 9.17) is 10.7 Å².